The number of piperazine rings is 1. The van der Waals surface area contributed by atoms with Gasteiger partial charge in [0.25, 0.3) is 5.69 Å². The molecule has 0 amide bonds. The Morgan fingerprint density at radius 2 is 1.95 bits per heavy atom. The van der Waals surface area contributed by atoms with Crippen LogP contribution in [0.4, 0.5) is 11.5 Å². The summed E-state index contributed by atoms with van der Waals surface area (Å²) in [6.45, 7) is 5.58. The van der Waals surface area contributed by atoms with Gasteiger partial charge in [0.05, 0.1) is 10.4 Å². The summed E-state index contributed by atoms with van der Waals surface area (Å²) >= 11 is 3.46. The summed E-state index contributed by atoms with van der Waals surface area (Å²) in [7, 11) is 2.11. The maximum absolute atomic E-state index is 11.2. The minimum absolute atomic E-state index is 0.0994. The molecule has 3 rings (SSSR count). The zero-order valence-electron chi connectivity index (χ0n) is 12.5. The number of hydrogen-bond donors (Lipinski definition) is 0. The molecule has 1 aromatic heterocycles. The van der Waals surface area contributed by atoms with E-state index in [0.717, 1.165) is 41.9 Å². The molecule has 0 radical (unpaired) electrons. The Bertz CT molecular complexity index is 742. The lowest BCUT2D eigenvalue weighted by atomic mass is 10.1. The summed E-state index contributed by atoms with van der Waals surface area (Å²) in [5.41, 5.74) is 1.38. The van der Waals surface area contributed by atoms with Gasteiger partial charge in [0.1, 0.15) is 5.82 Å². The first-order valence-corrected chi connectivity index (χ1v) is 7.94. The van der Waals surface area contributed by atoms with Gasteiger partial charge in [-0.1, -0.05) is 0 Å². The molecule has 22 heavy (non-hydrogen) atoms. The van der Waals surface area contributed by atoms with Crippen LogP contribution in [0, 0.1) is 17.0 Å². The Balaban J connectivity index is 2.05. The minimum Gasteiger partial charge on any atom is -0.354 e. The van der Waals surface area contributed by atoms with Gasteiger partial charge in [0, 0.05) is 47.7 Å². The fourth-order valence-corrected chi connectivity index (χ4v) is 3.25. The molecule has 1 aliphatic rings. The number of pyridine rings is 1. The standard InChI is InChI=1S/C15H17BrN4O2/c1-10-13(20(21)22)9-12-11(15(10)16)3-4-14(17-12)19-7-5-18(2)6-8-19/h3-4,9H,5-8H2,1-2H3. The number of anilines is 1. The molecule has 116 valence electrons. The normalized spacial score (nSPS) is 16.2. The van der Waals surface area contributed by atoms with E-state index in [1.165, 1.54) is 0 Å². The van der Waals surface area contributed by atoms with Crippen LogP contribution >= 0.6 is 15.9 Å². The summed E-state index contributed by atoms with van der Waals surface area (Å²) in [6, 6.07) is 5.54. The molecular weight excluding hydrogens is 348 g/mol. The van der Waals surface area contributed by atoms with Gasteiger partial charge >= 0.3 is 0 Å². The number of fused-ring (bicyclic) bond motifs is 1. The molecule has 1 aliphatic heterocycles. The third kappa shape index (κ3) is 2.66. The number of aromatic nitrogens is 1. The number of halogens is 1. The summed E-state index contributed by atoms with van der Waals surface area (Å²) < 4.78 is 0.745. The van der Waals surface area contributed by atoms with Crippen LogP contribution in [0.1, 0.15) is 5.56 Å². The summed E-state index contributed by atoms with van der Waals surface area (Å²) in [5, 5.41) is 12.1. The molecule has 0 bridgehead atoms. The maximum atomic E-state index is 11.2. The topological polar surface area (TPSA) is 62.5 Å². The van der Waals surface area contributed by atoms with Crippen molar-refractivity contribution >= 4 is 38.3 Å². The smallest absolute Gasteiger partial charge is 0.275 e. The van der Waals surface area contributed by atoms with Crippen LogP contribution in [0.25, 0.3) is 10.9 Å². The van der Waals surface area contributed by atoms with E-state index in [9.17, 15) is 10.1 Å². The van der Waals surface area contributed by atoms with Crippen molar-refractivity contribution in [1.29, 1.82) is 0 Å². The van der Waals surface area contributed by atoms with E-state index in [0.29, 0.717) is 11.1 Å². The van der Waals surface area contributed by atoms with Crippen molar-refractivity contribution in [2.24, 2.45) is 0 Å². The third-order valence-corrected chi connectivity index (χ3v) is 5.18. The van der Waals surface area contributed by atoms with Gasteiger partial charge in [-0.05, 0) is 42.0 Å². The molecule has 0 spiro atoms. The fraction of sp³-hybridized carbons (Fsp3) is 0.400. The van der Waals surface area contributed by atoms with E-state index in [1.54, 1.807) is 13.0 Å². The number of nitro groups is 1. The molecule has 2 heterocycles. The second-order valence-electron chi connectivity index (χ2n) is 5.62. The lowest BCUT2D eigenvalue weighted by Gasteiger charge is -2.33. The van der Waals surface area contributed by atoms with Crippen molar-refractivity contribution in [3.8, 4) is 0 Å². The zero-order chi connectivity index (χ0) is 15.9. The van der Waals surface area contributed by atoms with Gasteiger partial charge in [0.15, 0.2) is 0 Å². The summed E-state index contributed by atoms with van der Waals surface area (Å²) in [5.74, 6) is 0.880. The Morgan fingerprint density at radius 3 is 2.59 bits per heavy atom. The quantitative estimate of drug-likeness (QED) is 0.605. The van der Waals surface area contributed by atoms with Crippen molar-refractivity contribution in [1.82, 2.24) is 9.88 Å². The lowest BCUT2D eigenvalue weighted by Crippen LogP contribution is -2.44. The van der Waals surface area contributed by atoms with Gasteiger partial charge in [-0.2, -0.15) is 0 Å². The van der Waals surface area contributed by atoms with Crippen LogP contribution in [0.2, 0.25) is 0 Å². The van der Waals surface area contributed by atoms with E-state index < -0.39 is 0 Å². The molecular formula is C15H17BrN4O2. The number of nitro benzene ring substituents is 1. The number of nitrogens with zero attached hydrogens (tertiary/aromatic N) is 4. The first-order valence-electron chi connectivity index (χ1n) is 7.15. The molecule has 2 aromatic rings. The van der Waals surface area contributed by atoms with Gasteiger partial charge in [-0.3, -0.25) is 10.1 Å². The highest BCUT2D eigenvalue weighted by atomic mass is 79.9. The number of hydrogen-bond acceptors (Lipinski definition) is 5. The lowest BCUT2D eigenvalue weighted by molar-refractivity contribution is -0.385. The first kappa shape index (κ1) is 15.2. The van der Waals surface area contributed by atoms with Crippen molar-refractivity contribution < 1.29 is 4.92 Å². The van der Waals surface area contributed by atoms with Gasteiger partial charge in [0.2, 0.25) is 0 Å². The first-order chi connectivity index (χ1) is 10.5. The maximum Gasteiger partial charge on any atom is 0.275 e. The number of benzene rings is 1. The number of rotatable bonds is 2. The molecule has 6 nitrogen and oxygen atoms in total. The molecule has 1 fully saturated rings. The van der Waals surface area contributed by atoms with Crippen LogP contribution in [0.15, 0.2) is 22.7 Å². The average molecular weight is 365 g/mol. The SMILES string of the molecule is Cc1c([N+](=O)[O-])cc2nc(N3CCN(C)CC3)ccc2c1Br. The van der Waals surface area contributed by atoms with E-state index in [4.69, 9.17) is 0 Å². The second-order valence-corrected chi connectivity index (χ2v) is 6.41. The van der Waals surface area contributed by atoms with Crippen molar-refractivity contribution in [2.45, 2.75) is 6.92 Å². The third-order valence-electron chi connectivity index (χ3n) is 4.16. The fourth-order valence-electron chi connectivity index (χ4n) is 2.71. The predicted molar refractivity (Wildman–Crippen MR) is 90.5 cm³/mol. The van der Waals surface area contributed by atoms with Crippen molar-refractivity contribution in [2.75, 3.05) is 38.1 Å². The van der Waals surface area contributed by atoms with Gasteiger partial charge in [-0.25, -0.2) is 4.98 Å². The number of likely N-dealkylation sites (N-methyl/N-ethyl adjacent to an activating group) is 1. The molecule has 0 aliphatic carbocycles. The molecule has 0 N–H and O–H groups in total. The van der Waals surface area contributed by atoms with E-state index in [1.807, 2.05) is 12.1 Å². The highest BCUT2D eigenvalue weighted by Crippen LogP contribution is 2.34. The largest absolute Gasteiger partial charge is 0.354 e. The monoisotopic (exact) mass is 364 g/mol. The van der Waals surface area contributed by atoms with Gasteiger partial charge in [-0.15, -0.1) is 0 Å². The molecule has 0 saturated carbocycles. The summed E-state index contributed by atoms with van der Waals surface area (Å²) in [4.78, 5) is 20.0. The summed E-state index contributed by atoms with van der Waals surface area (Å²) in [6.07, 6.45) is 0. The van der Waals surface area contributed by atoms with Gasteiger partial charge < -0.3 is 9.80 Å². The Kier molecular flexibility index (Phi) is 4.01. The van der Waals surface area contributed by atoms with Crippen molar-refractivity contribution in [3.63, 3.8) is 0 Å². The van der Waals surface area contributed by atoms with Crippen LogP contribution in [0.3, 0.4) is 0 Å². The van der Waals surface area contributed by atoms with E-state index in [2.05, 4.69) is 37.8 Å². The second kappa shape index (κ2) is 5.81. The van der Waals surface area contributed by atoms with Crippen LogP contribution in [-0.2, 0) is 0 Å². The zero-order valence-corrected chi connectivity index (χ0v) is 14.1. The molecule has 0 atom stereocenters. The molecule has 7 heteroatoms. The Hall–Kier alpha value is -1.73. The van der Waals surface area contributed by atoms with E-state index >= 15 is 0 Å². The molecule has 1 aromatic carbocycles. The van der Waals surface area contributed by atoms with Crippen LogP contribution < -0.4 is 4.90 Å². The average Bonchev–Trinajstić information content (AvgIpc) is 2.51. The highest BCUT2D eigenvalue weighted by molar-refractivity contribution is 9.10. The predicted octanol–water partition coefficient (Wildman–Crippen LogP) is 2.97. The van der Waals surface area contributed by atoms with Crippen LogP contribution in [-0.4, -0.2) is 48.0 Å². The highest BCUT2D eigenvalue weighted by Gasteiger charge is 2.19. The van der Waals surface area contributed by atoms with E-state index in [-0.39, 0.29) is 10.6 Å². The minimum atomic E-state index is -0.357. The molecule has 1 saturated heterocycles. The molecule has 0 unspecified atom stereocenters. The Labute approximate surface area is 137 Å². The Morgan fingerprint density at radius 1 is 1.27 bits per heavy atom. The van der Waals surface area contributed by atoms with Crippen LogP contribution in [0.5, 0.6) is 0 Å². The van der Waals surface area contributed by atoms with Crippen molar-refractivity contribution in [3.05, 3.63) is 38.3 Å².